The third kappa shape index (κ3) is 5.51. The van der Waals surface area contributed by atoms with Crippen LogP contribution in [-0.2, 0) is 4.79 Å². The van der Waals surface area contributed by atoms with E-state index in [0.717, 1.165) is 17.0 Å². The van der Waals surface area contributed by atoms with Crippen molar-refractivity contribution in [3.05, 3.63) is 72.9 Å². The van der Waals surface area contributed by atoms with Crippen molar-refractivity contribution in [2.75, 3.05) is 38.5 Å². The molecule has 10 nitrogen and oxygen atoms in total. The third-order valence-corrected chi connectivity index (χ3v) is 6.87. The summed E-state index contributed by atoms with van der Waals surface area (Å²) in [6, 6.07) is 14.8. The summed E-state index contributed by atoms with van der Waals surface area (Å²) in [5.74, 6) is 1.79. The predicted molar refractivity (Wildman–Crippen MR) is 138 cm³/mol. The molecule has 0 saturated carbocycles. The number of nitrogens with zero attached hydrogens (tertiary/aromatic N) is 6. The number of carbonyl (C=O) groups excluding carboxylic acids is 2. The average molecular weight is 519 g/mol. The Labute approximate surface area is 218 Å². The summed E-state index contributed by atoms with van der Waals surface area (Å²) in [6.45, 7) is 4.40. The average Bonchev–Trinajstić information content (AvgIpc) is 3.63. The molecule has 1 aromatic carbocycles. The summed E-state index contributed by atoms with van der Waals surface area (Å²) in [5, 5.41) is 9.43. The zero-order valence-corrected chi connectivity index (χ0v) is 21.1. The molecule has 190 valence electrons. The van der Waals surface area contributed by atoms with Gasteiger partial charge in [0.15, 0.2) is 16.7 Å². The molecule has 1 aliphatic heterocycles. The molecular formula is C26H26N6O4S. The van der Waals surface area contributed by atoms with Gasteiger partial charge in [-0.2, -0.15) is 0 Å². The summed E-state index contributed by atoms with van der Waals surface area (Å²) in [6.07, 6.45) is 4.90. The molecule has 0 atom stereocenters. The van der Waals surface area contributed by atoms with Gasteiger partial charge in [0.1, 0.15) is 5.75 Å². The van der Waals surface area contributed by atoms with E-state index in [4.69, 9.17) is 9.15 Å². The van der Waals surface area contributed by atoms with Crippen molar-refractivity contribution in [2.24, 2.45) is 0 Å². The predicted octanol–water partition coefficient (Wildman–Crippen LogP) is 3.40. The first kappa shape index (κ1) is 24.6. The van der Waals surface area contributed by atoms with Gasteiger partial charge in [-0.05, 0) is 55.5 Å². The smallest absolute Gasteiger partial charge is 0.289 e. The SMILES string of the molecule is CCOc1ccc(-n2c(SCC(=O)N3CCN(C(=O)c4ccco4)CC3)nnc2-c2ccncc2)cc1. The number of benzene rings is 1. The summed E-state index contributed by atoms with van der Waals surface area (Å²) < 4.78 is 12.7. The van der Waals surface area contributed by atoms with Gasteiger partial charge >= 0.3 is 0 Å². The lowest BCUT2D eigenvalue weighted by molar-refractivity contribution is -0.129. The Morgan fingerprint density at radius 2 is 1.70 bits per heavy atom. The van der Waals surface area contributed by atoms with E-state index in [1.54, 1.807) is 34.3 Å². The molecule has 0 spiro atoms. The Balaban J connectivity index is 1.28. The second-order valence-corrected chi connectivity index (χ2v) is 9.19. The van der Waals surface area contributed by atoms with Gasteiger partial charge < -0.3 is 19.0 Å². The van der Waals surface area contributed by atoms with Crippen molar-refractivity contribution in [3.63, 3.8) is 0 Å². The van der Waals surface area contributed by atoms with Crippen LogP contribution in [0.5, 0.6) is 5.75 Å². The number of furan rings is 1. The van der Waals surface area contributed by atoms with E-state index >= 15 is 0 Å². The minimum absolute atomic E-state index is 0.0122. The first-order valence-corrected chi connectivity index (χ1v) is 12.9. The zero-order chi connectivity index (χ0) is 25.6. The number of piperazine rings is 1. The van der Waals surface area contributed by atoms with E-state index in [1.807, 2.05) is 47.9 Å². The number of carbonyl (C=O) groups is 2. The van der Waals surface area contributed by atoms with Crippen molar-refractivity contribution in [3.8, 4) is 22.8 Å². The molecule has 2 amide bonds. The Morgan fingerprint density at radius 3 is 2.38 bits per heavy atom. The summed E-state index contributed by atoms with van der Waals surface area (Å²) in [4.78, 5) is 33.1. The zero-order valence-electron chi connectivity index (χ0n) is 20.3. The van der Waals surface area contributed by atoms with Crippen LogP contribution in [0.2, 0.25) is 0 Å². The van der Waals surface area contributed by atoms with E-state index in [1.165, 1.54) is 18.0 Å². The molecule has 0 radical (unpaired) electrons. The standard InChI is InChI=1S/C26H26N6O4S/c1-2-35-21-7-5-20(6-8-21)32-24(19-9-11-27-12-10-19)28-29-26(32)37-18-23(33)30-13-15-31(16-14-30)25(34)22-4-3-17-36-22/h3-12,17H,2,13-16,18H2,1H3. The lowest BCUT2D eigenvalue weighted by atomic mass is 10.2. The van der Waals surface area contributed by atoms with Crippen LogP contribution >= 0.6 is 11.8 Å². The number of hydrogen-bond donors (Lipinski definition) is 0. The van der Waals surface area contributed by atoms with Crippen LogP contribution in [0.4, 0.5) is 0 Å². The van der Waals surface area contributed by atoms with Crippen LogP contribution in [0.15, 0.2) is 76.8 Å². The van der Waals surface area contributed by atoms with E-state index in [9.17, 15) is 9.59 Å². The van der Waals surface area contributed by atoms with E-state index in [2.05, 4.69) is 15.2 Å². The highest BCUT2D eigenvalue weighted by molar-refractivity contribution is 7.99. The van der Waals surface area contributed by atoms with Crippen molar-refractivity contribution < 1.29 is 18.7 Å². The van der Waals surface area contributed by atoms with Gasteiger partial charge in [-0.3, -0.25) is 19.1 Å². The minimum atomic E-state index is -0.154. The lowest BCUT2D eigenvalue weighted by Crippen LogP contribution is -2.51. The number of pyridine rings is 1. The van der Waals surface area contributed by atoms with E-state index in [0.29, 0.717) is 49.5 Å². The molecule has 11 heteroatoms. The number of aromatic nitrogens is 4. The molecular weight excluding hydrogens is 492 g/mol. The first-order chi connectivity index (χ1) is 18.1. The summed E-state index contributed by atoms with van der Waals surface area (Å²) in [5.41, 5.74) is 1.73. The number of rotatable bonds is 8. The van der Waals surface area contributed by atoms with Gasteiger partial charge in [-0.1, -0.05) is 11.8 Å². The number of thioether (sulfide) groups is 1. The first-order valence-electron chi connectivity index (χ1n) is 12.0. The molecule has 1 saturated heterocycles. The molecule has 5 rings (SSSR count). The van der Waals surface area contributed by atoms with E-state index < -0.39 is 0 Å². The van der Waals surface area contributed by atoms with Crippen LogP contribution in [0.1, 0.15) is 17.5 Å². The van der Waals surface area contributed by atoms with Gasteiger partial charge in [-0.25, -0.2) is 0 Å². The van der Waals surface area contributed by atoms with Crippen LogP contribution < -0.4 is 4.74 Å². The minimum Gasteiger partial charge on any atom is -0.494 e. The molecule has 3 aromatic heterocycles. The Bertz CT molecular complexity index is 1330. The molecule has 37 heavy (non-hydrogen) atoms. The van der Waals surface area contributed by atoms with Crippen molar-refractivity contribution in [1.82, 2.24) is 29.5 Å². The highest BCUT2D eigenvalue weighted by atomic mass is 32.2. The summed E-state index contributed by atoms with van der Waals surface area (Å²) >= 11 is 1.33. The molecule has 0 bridgehead atoms. The molecule has 4 heterocycles. The second-order valence-electron chi connectivity index (χ2n) is 8.24. The maximum atomic E-state index is 13.0. The maximum Gasteiger partial charge on any atom is 0.289 e. The van der Waals surface area contributed by atoms with Crippen molar-refractivity contribution in [2.45, 2.75) is 12.1 Å². The molecule has 4 aromatic rings. The quantitative estimate of drug-likeness (QED) is 0.327. The highest BCUT2D eigenvalue weighted by Crippen LogP contribution is 2.29. The van der Waals surface area contributed by atoms with Crippen LogP contribution in [0, 0.1) is 0 Å². The Morgan fingerprint density at radius 1 is 0.973 bits per heavy atom. The number of ether oxygens (including phenoxy) is 1. The van der Waals surface area contributed by atoms with Crippen molar-refractivity contribution >= 4 is 23.6 Å². The fourth-order valence-electron chi connectivity index (χ4n) is 4.07. The Kier molecular flexibility index (Phi) is 7.50. The van der Waals surface area contributed by atoms with Crippen molar-refractivity contribution in [1.29, 1.82) is 0 Å². The fourth-order valence-corrected chi connectivity index (χ4v) is 4.93. The fraction of sp³-hybridized carbons (Fsp3) is 0.269. The third-order valence-electron chi connectivity index (χ3n) is 5.95. The van der Waals surface area contributed by atoms with Crippen LogP contribution in [0.25, 0.3) is 17.1 Å². The normalized spacial score (nSPS) is 13.5. The molecule has 0 N–H and O–H groups in total. The van der Waals surface area contributed by atoms with Gasteiger partial charge in [-0.15, -0.1) is 10.2 Å². The maximum absolute atomic E-state index is 13.0. The largest absolute Gasteiger partial charge is 0.494 e. The summed E-state index contributed by atoms with van der Waals surface area (Å²) in [7, 11) is 0. The highest BCUT2D eigenvalue weighted by Gasteiger charge is 2.26. The monoisotopic (exact) mass is 518 g/mol. The number of hydrogen-bond acceptors (Lipinski definition) is 8. The van der Waals surface area contributed by atoms with E-state index in [-0.39, 0.29) is 17.6 Å². The Hall–Kier alpha value is -4.12. The van der Waals surface area contributed by atoms with Gasteiger partial charge in [0.05, 0.1) is 18.6 Å². The topological polar surface area (TPSA) is 107 Å². The van der Waals surface area contributed by atoms with Gasteiger partial charge in [0, 0.05) is 49.8 Å². The molecule has 1 aliphatic rings. The number of amides is 2. The lowest BCUT2D eigenvalue weighted by Gasteiger charge is -2.34. The van der Waals surface area contributed by atoms with Gasteiger partial charge in [0.2, 0.25) is 5.91 Å². The van der Waals surface area contributed by atoms with Crippen LogP contribution in [0.3, 0.4) is 0 Å². The second kappa shape index (κ2) is 11.3. The van der Waals surface area contributed by atoms with Gasteiger partial charge in [0.25, 0.3) is 5.91 Å². The van der Waals surface area contributed by atoms with Crippen LogP contribution in [-0.4, -0.2) is 79.9 Å². The molecule has 0 aliphatic carbocycles. The molecule has 1 fully saturated rings. The molecule has 0 unspecified atom stereocenters.